The number of hydrogen-bond acceptors (Lipinski definition) is 6. The van der Waals surface area contributed by atoms with Crippen molar-refractivity contribution in [3.63, 3.8) is 0 Å². The third kappa shape index (κ3) is 5.11. The fraction of sp³-hybridized carbons (Fsp3) is 0.346. The molecule has 1 atom stereocenters. The second kappa shape index (κ2) is 9.83. The first-order valence-electron chi connectivity index (χ1n) is 11.7. The van der Waals surface area contributed by atoms with Crippen molar-refractivity contribution < 1.29 is 13.9 Å². The second-order valence-electron chi connectivity index (χ2n) is 8.86. The van der Waals surface area contributed by atoms with Crippen LogP contribution in [0.2, 0.25) is 0 Å². The SMILES string of the molecule is CNC(=O)Nc1ccc(-c2nc(N3CCOCC3C)cc(C3(Sc4ccccc4F)CC3)n2)cc1. The number of nitrogens with one attached hydrogen (secondary N) is 2. The Bertz CT molecular complexity index is 1220. The molecule has 1 saturated carbocycles. The van der Waals surface area contributed by atoms with Crippen molar-refractivity contribution in [1.82, 2.24) is 15.3 Å². The van der Waals surface area contributed by atoms with Gasteiger partial charge in [0.1, 0.15) is 11.6 Å². The van der Waals surface area contributed by atoms with Gasteiger partial charge in [-0.2, -0.15) is 0 Å². The van der Waals surface area contributed by atoms with Crippen molar-refractivity contribution >= 4 is 29.3 Å². The summed E-state index contributed by atoms with van der Waals surface area (Å²) in [6.45, 7) is 4.16. The molecule has 5 rings (SSSR count). The number of amides is 2. The number of carbonyl (C=O) groups excluding carboxylic acids is 1. The van der Waals surface area contributed by atoms with E-state index in [0.717, 1.165) is 36.5 Å². The molecule has 2 amide bonds. The number of morpholine rings is 1. The number of halogens is 1. The number of nitrogens with zero attached hydrogens (tertiary/aromatic N) is 3. The van der Waals surface area contributed by atoms with Crippen LogP contribution in [-0.4, -0.2) is 48.8 Å². The van der Waals surface area contributed by atoms with Crippen LogP contribution in [0.5, 0.6) is 0 Å². The van der Waals surface area contributed by atoms with E-state index in [4.69, 9.17) is 14.7 Å². The molecule has 3 aromatic rings. The maximum absolute atomic E-state index is 14.5. The van der Waals surface area contributed by atoms with Gasteiger partial charge in [-0.1, -0.05) is 12.1 Å². The molecule has 9 heteroatoms. The smallest absolute Gasteiger partial charge is 0.318 e. The minimum Gasteiger partial charge on any atom is -0.377 e. The van der Waals surface area contributed by atoms with Gasteiger partial charge in [0, 0.05) is 35.8 Å². The molecule has 182 valence electrons. The standard InChI is InChI=1S/C26H28FN5O2S/c1-17-16-34-14-13-32(17)23-15-22(26(11-12-26)35-21-6-4-3-5-20(21)27)30-24(31-23)18-7-9-19(10-8-18)29-25(33)28-2/h3-10,15,17H,11-14,16H2,1-2H3,(H2,28,29,33). The van der Waals surface area contributed by atoms with Gasteiger partial charge in [0.05, 0.1) is 29.7 Å². The Kier molecular flexibility index (Phi) is 6.62. The Morgan fingerprint density at radius 3 is 2.63 bits per heavy atom. The molecule has 2 heterocycles. The molecule has 0 bridgehead atoms. The van der Waals surface area contributed by atoms with E-state index in [1.165, 1.54) is 6.07 Å². The number of benzene rings is 2. The number of carbonyl (C=O) groups is 1. The van der Waals surface area contributed by atoms with Crippen LogP contribution in [-0.2, 0) is 9.48 Å². The summed E-state index contributed by atoms with van der Waals surface area (Å²) in [7, 11) is 1.57. The van der Waals surface area contributed by atoms with E-state index < -0.39 is 0 Å². The number of rotatable bonds is 6. The van der Waals surface area contributed by atoms with Gasteiger partial charge >= 0.3 is 6.03 Å². The number of anilines is 2. The molecule has 1 aromatic heterocycles. The zero-order chi connectivity index (χ0) is 24.4. The molecule has 1 aliphatic heterocycles. The van der Waals surface area contributed by atoms with Crippen LogP contribution in [0, 0.1) is 5.82 Å². The molecule has 2 N–H and O–H groups in total. The van der Waals surface area contributed by atoms with Gasteiger partial charge in [-0.15, -0.1) is 11.8 Å². The van der Waals surface area contributed by atoms with Crippen LogP contribution >= 0.6 is 11.8 Å². The van der Waals surface area contributed by atoms with Gasteiger partial charge in [-0.05, 0) is 56.2 Å². The average Bonchev–Trinajstić information content (AvgIpc) is 3.66. The summed E-state index contributed by atoms with van der Waals surface area (Å²) in [5, 5.41) is 5.31. The van der Waals surface area contributed by atoms with Crippen LogP contribution < -0.4 is 15.5 Å². The third-order valence-corrected chi connectivity index (χ3v) is 7.87. The van der Waals surface area contributed by atoms with Gasteiger partial charge < -0.3 is 20.3 Å². The maximum Gasteiger partial charge on any atom is 0.318 e. The fourth-order valence-electron chi connectivity index (χ4n) is 4.17. The van der Waals surface area contributed by atoms with Gasteiger partial charge in [-0.3, -0.25) is 0 Å². The molecule has 2 aliphatic rings. The van der Waals surface area contributed by atoms with Crippen molar-refractivity contribution in [2.45, 2.75) is 35.4 Å². The Morgan fingerprint density at radius 2 is 1.94 bits per heavy atom. The van der Waals surface area contributed by atoms with Gasteiger partial charge in [0.25, 0.3) is 0 Å². The van der Waals surface area contributed by atoms with Crippen LogP contribution in [0.25, 0.3) is 11.4 Å². The van der Waals surface area contributed by atoms with E-state index >= 15 is 0 Å². The minimum atomic E-state index is -0.277. The summed E-state index contributed by atoms with van der Waals surface area (Å²) in [6, 6.07) is 16.3. The Morgan fingerprint density at radius 1 is 1.17 bits per heavy atom. The van der Waals surface area contributed by atoms with Crippen molar-refractivity contribution in [1.29, 1.82) is 0 Å². The molecular weight excluding hydrogens is 465 g/mol. The van der Waals surface area contributed by atoms with Crippen LogP contribution in [0.3, 0.4) is 0 Å². The first kappa shape index (κ1) is 23.6. The zero-order valence-electron chi connectivity index (χ0n) is 19.8. The molecule has 0 spiro atoms. The average molecular weight is 494 g/mol. The summed E-state index contributed by atoms with van der Waals surface area (Å²) in [5.74, 6) is 1.26. The highest BCUT2D eigenvalue weighted by Crippen LogP contribution is 2.59. The second-order valence-corrected chi connectivity index (χ2v) is 10.3. The van der Waals surface area contributed by atoms with E-state index in [1.54, 1.807) is 24.9 Å². The lowest BCUT2D eigenvalue weighted by Gasteiger charge is -2.34. The minimum absolute atomic E-state index is 0.188. The molecular formula is C26H28FN5O2S. The normalized spacial score (nSPS) is 18.7. The van der Waals surface area contributed by atoms with Crippen LogP contribution in [0.15, 0.2) is 59.5 Å². The van der Waals surface area contributed by atoms with E-state index in [2.05, 4.69) is 28.5 Å². The highest BCUT2D eigenvalue weighted by atomic mass is 32.2. The summed E-state index contributed by atoms with van der Waals surface area (Å²) in [6.07, 6.45) is 1.85. The largest absolute Gasteiger partial charge is 0.377 e. The quantitative estimate of drug-likeness (QED) is 0.501. The van der Waals surface area contributed by atoms with Crippen molar-refractivity contribution in [2.75, 3.05) is 37.0 Å². The molecule has 35 heavy (non-hydrogen) atoms. The van der Waals surface area contributed by atoms with E-state index in [-0.39, 0.29) is 22.6 Å². The van der Waals surface area contributed by atoms with E-state index in [1.807, 2.05) is 36.4 Å². The van der Waals surface area contributed by atoms with Crippen molar-refractivity contribution in [2.24, 2.45) is 0 Å². The van der Waals surface area contributed by atoms with E-state index in [0.29, 0.717) is 29.6 Å². The van der Waals surface area contributed by atoms with Gasteiger partial charge in [0.15, 0.2) is 5.82 Å². The topological polar surface area (TPSA) is 79.4 Å². The Balaban J connectivity index is 1.52. The zero-order valence-corrected chi connectivity index (χ0v) is 20.6. The summed E-state index contributed by atoms with van der Waals surface area (Å²) in [5.41, 5.74) is 2.44. The molecule has 0 radical (unpaired) electrons. The molecule has 1 aliphatic carbocycles. The van der Waals surface area contributed by atoms with E-state index in [9.17, 15) is 9.18 Å². The highest BCUT2D eigenvalue weighted by Gasteiger charge is 2.48. The van der Waals surface area contributed by atoms with Crippen LogP contribution in [0.4, 0.5) is 20.7 Å². The molecule has 1 saturated heterocycles. The number of ether oxygens (including phenoxy) is 1. The number of urea groups is 1. The predicted octanol–water partition coefficient (Wildman–Crippen LogP) is 5.04. The Labute approximate surface area is 208 Å². The molecule has 7 nitrogen and oxygen atoms in total. The maximum atomic E-state index is 14.5. The first-order chi connectivity index (χ1) is 17.0. The lowest BCUT2D eigenvalue weighted by molar-refractivity contribution is 0.0985. The summed E-state index contributed by atoms with van der Waals surface area (Å²) in [4.78, 5) is 24.4. The Hall–Kier alpha value is -3.17. The monoisotopic (exact) mass is 493 g/mol. The van der Waals surface area contributed by atoms with Gasteiger partial charge in [-0.25, -0.2) is 19.2 Å². The van der Waals surface area contributed by atoms with Gasteiger partial charge in [0.2, 0.25) is 0 Å². The third-order valence-electron chi connectivity index (χ3n) is 6.32. The van der Waals surface area contributed by atoms with Crippen LogP contribution in [0.1, 0.15) is 25.5 Å². The first-order valence-corrected chi connectivity index (χ1v) is 12.6. The number of hydrogen-bond donors (Lipinski definition) is 2. The predicted molar refractivity (Wildman–Crippen MR) is 136 cm³/mol. The number of aromatic nitrogens is 2. The fourth-order valence-corrected chi connectivity index (χ4v) is 5.42. The summed E-state index contributed by atoms with van der Waals surface area (Å²) < 4.78 is 19.8. The molecule has 2 aromatic carbocycles. The highest BCUT2D eigenvalue weighted by molar-refractivity contribution is 8.00. The molecule has 2 fully saturated rings. The lowest BCUT2D eigenvalue weighted by Crippen LogP contribution is -2.44. The summed E-state index contributed by atoms with van der Waals surface area (Å²) >= 11 is 1.55. The molecule has 1 unspecified atom stereocenters. The van der Waals surface area contributed by atoms with Crippen molar-refractivity contribution in [3.8, 4) is 11.4 Å². The number of thioether (sulfide) groups is 1. The van der Waals surface area contributed by atoms with Crippen molar-refractivity contribution in [3.05, 3.63) is 66.1 Å². The lowest BCUT2D eigenvalue weighted by atomic mass is 10.1.